The molecular weight excluding hydrogens is 398 g/mol. The second kappa shape index (κ2) is 11.3. The van der Waals surface area contributed by atoms with E-state index in [1.54, 1.807) is 0 Å². The normalized spacial score (nSPS) is 12.1. The van der Waals surface area contributed by atoms with Gasteiger partial charge >= 0.3 is 5.97 Å². The maximum absolute atomic E-state index is 12.6. The van der Waals surface area contributed by atoms with Crippen LogP contribution in [-0.2, 0) is 22.4 Å². The van der Waals surface area contributed by atoms with Gasteiger partial charge in [-0.2, -0.15) is 0 Å². The lowest BCUT2D eigenvalue weighted by Gasteiger charge is -2.17. The molecule has 0 saturated heterocycles. The summed E-state index contributed by atoms with van der Waals surface area (Å²) in [6, 6.07) is 7.53. The summed E-state index contributed by atoms with van der Waals surface area (Å²) in [5, 5.41) is 13.8. The van der Waals surface area contributed by atoms with Gasteiger partial charge in [0.05, 0.1) is 6.42 Å². The van der Waals surface area contributed by atoms with Gasteiger partial charge in [0.2, 0.25) is 11.8 Å². The van der Waals surface area contributed by atoms with E-state index in [0.717, 1.165) is 12.0 Å². The number of oxazole rings is 1. The average Bonchev–Trinajstić information content (AvgIpc) is 3.16. The zero-order valence-corrected chi connectivity index (χ0v) is 18.5. The molecule has 3 N–H and O–H groups in total. The molecule has 0 radical (unpaired) electrons. The summed E-state index contributed by atoms with van der Waals surface area (Å²) in [5.41, 5.74) is 2.12. The number of carbonyl (C=O) groups excluding carboxylic acids is 2. The van der Waals surface area contributed by atoms with E-state index in [2.05, 4.69) is 29.5 Å². The fourth-order valence-corrected chi connectivity index (χ4v) is 3.19. The second-order valence-electron chi connectivity index (χ2n) is 8.49. The molecule has 0 aliphatic heterocycles. The Labute approximate surface area is 182 Å². The van der Waals surface area contributed by atoms with E-state index in [1.165, 1.54) is 11.8 Å². The van der Waals surface area contributed by atoms with Gasteiger partial charge in [0.15, 0.2) is 5.69 Å². The van der Waals surface area contributed by atoms with Gasteiger partial charge in [-0.3, -0.25) is 14.4 Å². The molecule has 1 heterocycles. The highest BCUT2D eigenvalue weighted by Crippen LogP contribution is 2.21. The van der Waals surface area contributed by atoms with Gasteiger partial charge in [-0.05, 0) is 35.8 Å². The predicted molar refractivity (Wildman–Crippen MR) is 115 cm³/mol. The standard InChI is InChI=1S/C23H31N3O5/c1-14(2)9-16-5-7-17(8-6-16)11-20(27)25-18(10-15(3)4)23-26-19(13-31-23)22(30)24-12-21(28)29/h5-8,13-15,18H,9-12H2,1-4H3,(H,24,30)(H,25,27)(H,28,29)/t18-/m0/s1. The highest BCUT2D eigenvalue weighted by atomic mass is 16.4. The molecule has 2 aromatic rings. The van der Waals surface area contributed by atoms with Crippen molar-refractivity contribution < 1.29 is 23.9 Å². The van der Waals surface area contributed by atoms with E-state index in [1.807, 2.05) is 38.1 Å². The molecule has 0 fully saturated rings. The third kappa shape index (κ3) is 8.24. The van der Waals surface area contributed by atoms with Gasteiger partial charge in [-0.25, -0.2) is 4.98 Å². The molecule has 0 bridgehead atoms. The summed E-state index contributed by atoms with van der Waals surface area (Å²) in [6.07, 6.45) is 2.97. The average molecular weight is 430 g/mol. The van der Waals surface area contributed by atoms with Crippen LogP contribution >= 0.6 is 0 Å². The van der Waals surface area contributed by atoms with Crippen LogP contribution in [0.1, 0.15) is 67.7 Å². The first-order valence-electron chi connectivity index (χ1n) is 10.5. The van der Waals surface area contributed by atoms with Crippen LogP contribution in [0.25, 0.3) is 0 Å². The number of aliphatic carboxylic acids is 1. The van der Waals surface area contributed by atoms with Gasteiger partial charge in [0, 0.05) is 0 Å². The summed E-state index contributed by atoms with van der Waals surface area (Å²) >= 11 is 0. The highest BCUT2D eigenvalue weighted by Gasteiger charge is 2.23. The monoisotopic (exact) mass is 429 g/mol. The number of amides is 2. The Morgan fingerprint density at radius 1 is 1.03 bits per heavy atom. The molecule has 0 spiro atoms. The Hall–Kier alpha value is -3.16. The Morgan fingerprint density at radius 3 is 2.26 bits per heavy atom. The molecule has 8 heteroatoms. The zero-order valence-electron chi connectivity index (χ0n) is 18.5. The molecule has 0 saturated carbocycles. The smallest absolute Gasteiger partial charge is 0.322 e. The molecule has 0 aliphatic carbocycles. The van der Waals surface area contributed by atoms with Crippen molar-refractivity contribution in [1.82, 2.24) is 15.6 Å². The number of hydrogen-bond acceptors (Lipinski definition) is 5. The quantitative estimate of drug-likeness (QED) is 0.504. The van der Waals surface area contributed by atoms with Crippen LogP contribution in [0.15, 0.2) is 34.9 Å². The molecule has 2 amide bonds. The molecule has 2 rings (SSSR count). The van der Waals surface area contributed by atoms with E-state index in [0.29, 0.717) is 12.3 Å². The van der Waals surface area contributed by atoms with E-state index in [-0.39, 0.29) is 29.8 Å². The van der Waals surface area contributed by atoms with Gasteiger partial charge in [0.25, 0.3) is 5.91 Å². The largest absolute Gasteiger partial charge is 0.480 e. The third-order valence-corrected chi connectivity index (χ3v) is 4.53. The van der Waals surface area contributed by atoms with Crippen LogP contribution in [0.5, 0.6) is 0 Å². The number of nitrogens with zero attached hydrogens (tertiary/aromatic N) is 1. The van der Waals surface area contributed by atoms with Gasteiger partial charge in [0.1, 0.15) is 18.8 Å². The number of nitrogens with one attached hydrogen (secondary N) is 2. The summed E-state index contributed by atoms with van der Waals surface area (Å²) < 4.78 is 5.43. The molecule has 168 valence electrons. The Balaban J connectivity index is 2.03. The fraction of sp³-hybridized carbons (Fsp3) is 0.478. The second-order valence-corrected chi connectivity index (χ2v) is 8.49. The van der Waals surface area contributed by atoms with E-state index in [4.69, 9.17) is 9.52 Å². The lowest BCUT2D eigenvalue weighted by Crippen LogP contribution is -2.31. The molecule has 31 heavy (non-hydrogen) atoms. The number of rotatable bonds is 11. The fourth-order valence-electron chi connectivity index (χ4n) is 3.19. The summed E-state index contributed by atoms with van der Waals surface area (Å²) in [6.45, 7) is 7.84. The topological polar surface area (TPSA) is 122 Å². The maximum atomic E-state index is 12.6. The van der Waals surface area contributed by atoms with Crippen LogP contribution in [0, 0.1) is 11.8 Å². The number of carbonyl (C=O) groups is 3. The first-order valence-corrected chi connectivity index (χ1v) is 10.5. The lowest BCUT2D eigenvalue weighted by atomic mass is 10.0. The molecule has 1 atom stereocenters. The molecule has 0 unspecified atom stereocenters. The Kier molecular flexibility index (Phi) is 8.78. The van der Waals surface area contributed by atoms with Crippen LogP contribution in [-0.4, -0.2) is 34.4 Å². The zero-order chi connectivity index (χ0) is 23.0. The van der Waals surface area contributed by atoms with Gasteiger partial charge in [-0.1, -0.05) is 52.0 Å². The van der Waals surface area contributed by atoms with Crippen molar-refractivity contribution in [3.63, 3.8) is 0 Å². The van der Waals surface area contributed by atoms with Crippen molar-refractivity contribution in [2.75, 3.05) is 6.54 Å². The summed E-state index contributed by atoms with van der Waals surface area (Å²) in [7, 11) is 0. The maximum Gasteiger partial charge on any atom is 0.322 e. The Morgan fingerprint density at radius 2 is 1.68 bits per heavy atom. The number of hydrogen-bond donors (Lipinski definition) is 3. The van der Waals surface area contributed by atoms with E-state index < -0.39 is 24.5 Å². The highest BCUT2D eigenvalue weighted by molar-refractivity contribution is 5.93. The SMILES string of the molecule is CC(C)Cc1ccc(CC(=O)N[C@@H](CC(C)C)c2nc(C(=O)NCC(=O)O)co2)cc1. The number of carboxylic acids is 1. The van der Waals surface area contributed by atoms with Crippen molar-refractivity contribution in [3.8, 4) is 0 Å². The number of aromatic nitrogens is 1. The number of carboxylic acid groups (broad SMARTS) is 1. The summed E-state index contributed by atoms with van der Waals surface area (Å²) in [4.78, 5) is 39.4. The van der Waals surface area contributed by atoms with Crippen LogP contribution < -0.4 is 10.6 Å². The first-order chi connectivity index (χ1) is 14.6. The molecular formula is C23H31N3O5. The van der Waals surface area contributed by atoms with Gasteiger partial charge in [-0.15, -0.1) is 0 Å². The third-order valence-electron chi connectivity index (χ3n) is 4.53. The molecule has 0 aliphatic rings. The lowest BCUT2D eigenvalue weighted by molar-refractivity contribution is -0.135. The predicted octanol–water partition coefficient (Wildman–Crippen LogP) is 3.13. The minimum absolute atomic E-state index is 0.0278. The molecule has 8 nitrogen and oxygen atoms in total. The van der Waals surface area contributed by atoms with E-state index in [9.17, 15) is 14.4 Å². The van der Waals surface area contributed by atoms with Crippen molar-refractivity contribution in [2.24, 2.45) is 11.8 Å². The summed E-state index contributed by atoms with van der Waals surface area (Å²) in [5.74, 6) is -0.931. The van der Waals surface area contributed by atoms with Crippen LogP contribution in [0.2, 0.25) is 0 Å². The van der Waals surface area contributed by atoms with Crippen molar-refractivity contribution in [2.45, 2.75) is 53.0 Å². The first kappa shape index (κ1) is 24.1. The van der Waals surface area contributed by atoms with Crippen molar-refractivity contribution in [1.29, 1.82) is 0 Å². The Bertz CT molecular complexity index is 887. The van der Waals surface area contributed by atoms with Gasteiger partial charge < -0.3 is 20.2 Å². The molecule has 1 aromatic carbocycles. The van der Waals surface area contributed by atoms with Crippen LogP contribution in [0.3, 0.4) is 0 Å². The minimum atomic E-state index is -1.15. The van der Waals surface area contributed by atoms with E-state index >= 15 is 0 Å². The number of benzene rings is 1. The van der Waals surface area contributed by atoms with Crippen molar-refractivity contribution >= 4 is 17.8 Å². The molecule has 1 aromatic heterocycles. The van der Waals surface area contributed by atoms with Crippen LogP contribution in [0.4, 0.5) is 0 Å². The minimum Gasteiger partial charge on any atom is -0.480 e. The van der Waals surface area contributed by atoms with Crippen molar-refractivity contribution in [3.05, 3.63) is 53.2 Å².